The van der Waals surface area contributed by atoms with Gasteiger partial charge in [-0.25, -0.2) is 0 Å². The molecule has 0 N–H and O–H groups in total. The van der Waals surface area contributed by atoms with Crippen LogP contribution in [-0.4, -0.2) is 16.9 Å². The van der Waals surface area contributed by atoms with Gasteiger partial charge in [-0.15, -0.1) is 13.2 Å². The predicted octanol–water partition coefficient (Wildman–Crippen LogP) is 3.29. The molecule has 1 rings (SSSR count). The Morgan fingerprint density at radius 3 is 2.20 bits per heavy atom. The molecule has 0 aromatic rings. The molecular formula is C12H18ClNO. The monoisotopic (exact) mass is 227 g/mol. The number of carbonyl (C=O) groups is 1. The highest BCUT2D eigenvalue weighted by atomic mass is 35.5. The summed E-state index contributed by atoms with van der Waals surface area (Å²) in [5, 5.41) is 0. The Morgan fingerprint density at radius 1 is 1.33 bits per heavy atom. The molecule has 0 atom stereocenters. The van der Waals surface area contributed by atoms with Crippen molar-refractivity contribution in [2.45, 2.75) is 32.1 Å². The third-order valence-corrected chi connectivity index (χ3v) is 3.44. The second kappa shape index (κ2) is 5.36. The molecule has 0 aromatic heterocycles. The minimum absolute atomic E-state index is 0.0767. The lowest BCUT2D eigenvalue weighted by Gasteiger charge is -2.25. The molecule has 0 unspecified atom stereocenters. The van der Waals surface area contributed by atoms with Crippen molar-refractivity contribution in [1.82, 2.24) is 4.42 Å². The third-order valence-electron chi connectivity index (χ3n) is 3.11. The molecule has 1 heterocycles. The highest BCUT2D eigenvalue weighted by Crippen LogP contribution is 2.41. The van der Waals surface area contributed by atoms with Crippen molar-refractivity contribution in [1.29, 1.82) is 0 Å². The number of hydrogen-bond acceptors (Lipinski definition) is 1. The molecule has 2 nitrogen and oxygen atoms in total. The van der Waals surface area contributed by atoms with Gasteiger partial charge in [0.05, 0.1) is 5.41 Å². The van der Waals surface area contributed by atoms with E-state index in [2.05, 4.69) is 13.2 Å². The maximum Gasteiger partial charge on any atom is 0.243 e. The van der Waals surface area contributed by atoms with Crippen molar-refractivity contribution in [3.05, 3.63) is 25.3 Å². The summed E-state index contributed by atoms with van der Waals surface area (Å²) in [5.74, 6) is 0.0767. The Bertz CT molecular complexity index is 250. The van der Waals surface area contributed by atoms with Crippen molar-refractivity contribution >= 4 is 17.7 Å². The average molecular weight is 228 g/mol. The van der Waals surface area contributed by atoms with Gasteiger partial charge < -0.3 is 0 Å². The van der Waals surface area contributed by atoms with E-state index < -0.39 is 0 Å². The van der Waals surface area contributed by atoms with Crippen LogP contribution in [0.5, 0.6) is 0 Å². The van der Waals surface area contributed by atoms with Crippen molar-refractivity contribution in [3.63, 3.8) is 0 Å². The first-order chi connectivity index (χ1) is 7.16. The van der Waals surface area contributed by atoms with Crippen LogP contribution in [0.2, 0.25) is 0 Å². The highest BCUT2D eigenvalue weighted by molar-refractivity contribution is 6.22. The maximum atomic E-state index is 12.0. The quantitative estimate of drug-likeness (QED) is 0.504. The number of amides is 1. The van der Waals surface area contributed by atoms with Crippen LogP contribution in [0.25, 0.3) is 0 Å². The number of hydrogen-bond donors (Lipinski definition) is 0. The van der Waals surface area contributed by atoms with Crippen LogP contribution in [0.4, 0.5) is 0 Å². The summed E-state index contributed by atoms with van der Waals surface area (Å²) in [6, 6.07) is 0. The van der Waals surface area contributed by atoms with Crippen molar-refractivity contribution in [3.8, 4) is 0 Å². The SMILES string of the molecule is C=CCCC1(CCC=C)CCN(Cl)C1=O. The van der Waals surface area contributed by atoms with Crippen LogP contribution in [0.3, 0.4) is 0 Å². The smallest absolute Gasteiger partial charge is 0.243 e. The standard InChI is InChI=1S/C12H18ClNO/c1-3-5-7-12(8-6-4-2)9-10-14(13)11(12)15/h3-4H,1-2,5-10H2. The summed E-state index contributed by atoms with van der Waals surface area (Å²) < 4.78 is 1.33. The Labute approximate surface area is 96.7 Å². The van der Waals surface area contributed by atoms with Crippen molar-refractivity contribution < 1.29 is 4.79 Å². The van der Waals surface area contributed by atoms with Gasteiger partial charge >= 0.3 is 0 Å². The Balaban J connectivity index is 2.71. The van der Waals surface area contributed by atoms with Crippen LogP contribution in [0.15, 0.2) is 25.3 Å². The van der Waals surface area contributed by atoms with Gasteiger partial charge in [0.1, 0.15) is 0 Å². The maximum absolute atomic E-state index is 12.0. The lowest BCUT2D eigenvalue weighted by Crippen LogP contribution is -2.30. The van der Waals surface area contributed by atoms with Gasteiger partial charge in [-0.1, -0.05) is 12.2 Å². The van der Waals surface area contributed by atoms with Crippen LogP contribution in [0, 0.1) is 5.41 Å². The Morgan fingerprint density at radius 2 is 1.87 bits per heavy atom. The van der Waals surface area contributed by atoms with E-state index in [1.165, 1.54) is 4.42 Å². The fourth-order valence-electron chi connectivity index (χ4n) is 2.12. The van der Waals surface area contributed by atoms with Gasteiger partial charge in [0.2, 0.25) is 5.91 Å². The molecule has 15 heavy (non-hydrogen) atoms. The zero-order chi connectivity index (χ0) is 11.3. The fourth-order valence-corrected chi connectivity index (χ4v) is 2.39. The van der Waals surface area contributed by atoms with E-state index >= 15 is 0 Å². The van der Waals surface area contributed by atoms with E-state index in [0.717, 1.165) is 32.1 Å². The zero-order valence-corrected chi connectivity index (χ0v) is 9.80. The second-order valence-corrected chi connectivity index (χ2v) is 4.48. The molecular weight excluding hydrogens is 210 g/mol. The fraction of sp³-hybridized carbons (Fsp3) is 0.583. The first kappa shape index (κ1) is 12.3. The van der Waals surface area contributed by atoms with Crippen LogP contribution in [-0.2, 0) is 4.79 Å². The average Bonchev–Trinajstić information content (AvgIpc) is 2.53. The number of halogens is 1. The molecule has 0 radical (unpaired) electrons. The molecule has 3 heteroatoms. The largest absolute Gasteiger partial charge is 0.273 e. The van der Waals surface area contributed by atoms with E-state index in [1.807, 2.05) is 12.2 Å². The van der Waals surface area contributed by atoms with Gasteiger partial charge in [-0.2, -0.15) is 0 Å². The minimum atomic E-state index is -0.260. The first-order valence-corrected chi connectivity index (χ1v) is 5.69. The van der Waals surface area contributed by atoms with Crippen LogP contribution in [0.1, 0.15) is 32.1 Å². The van der Waals surface area contributed by atoms with Crippen LogP contribution >= 0.6 is 11.8 Å². The normalized spacial score (nSPS) is 19.3. The first-order valence-electron chi connectivity index (χ1n) is 5.36. The molecule has 0 bridgehead atoms. The molecule has 1 aliphatic heterocycles. The topological polar surface area (TPSA) is 20.3 Å². The van der Waals surface area contributed by atoms with E-state index in [1.54, 1.807) is 0 Å². The number of carbonyl (C=O) groups excluding carboxylic acids is 1. The molecule has 1 fully saturated rings. The molecule has 1 aliphatic rings. The molecule has 0 saturated carbocycles. The Kier molecular flexibility index (Phi) is 4.40. The van der Waals surface area contributed by atoms with Crippen molar-refractivity contribution in [2.24, 2.45) is 5.41 Å². The number of nitrogens with zero attached hydrogens (tertiary/aromatic N) is 1. The molecule has 0 aromatic carbocycles. The summed E-state index contributed by atoms with van der Waals surface area (Å²) in [7, 11) is 0. The third kappa shape index (κ3) is 2.63. The zero-order valence-electron chi connectivity index (χ0n) is 9.04. The number of allylic oxidation sites excluding steroid dienone is 2. The lowest BCUT2D eigenvalue weighted by molar-refractivity contribution is -0.132. The molecule has 84 valence electrons. The van der Waals surface area contributed by atoms with E-state index in [0.29, 0.717) is 6.54 Å². The van der Waals surface area contributed by atoms with Crippen LogP contribution < -0.4 is 0 Å². The summed E-state index contributed by atoms with van der Waals surface area (Å²) in [6.07, 6.45) is 8.02. The minimum Gasteiger partial charge on any atom is -0.273 e. The summed E-state index contributed by atoms with van der Waals surface area (Å²) >= 11 is 5.84. The van der Waals surface area contributed by atoms with Crippen molar-refractivity contribution in [2.75, 3.05) is 6.54 Å². The summed E-state index contributed by atoms with van der Waals surface area (Å²) in [4.78, 5) is 12.0. The predicted molar refractivity (Wildman–Crippen MR) is 63.5 cm³/mol. The summed E-state index contributed by atoms with van der Waals surface area (Å²) in [6.45, 7) is 8.06. The lowest BCUT2D eigenvalue weighted by atomic mass is 9.77. The molecule has 1 amide bonds. The number of rotatable bonds is 6. The van der Waals surface area contributed by atoms with Gasteiger partial charge in [-0.3, -0.25) is 9.21 Å². The van der Waals surface area contributed by atoms with E-state index in [-0.39, 0.29) is 11.3 Å². The van der Waals surface area contributed by atoms with Gasteiger partial charge in [0.25, 0.3) is 0 Å². The van der Waals surface area contributed by atoms with Gasteiger partial charge in [-0.05, 0) is 32.1 Å². The van der Waals surface area contributed by atoms with E-state index in [4.69, 9.17) is 11.8 Å². The molecule has 0 aliphatic carbocycles. The highest BCUT2D eigenvalue weighted by Gasteiger charge is 2.44. The van der Waals surface area contributed by atoms with Gasteiger partial charge in [0.15, 0.2) is 0 Å². The second-order valence-electron chi connectivity index (χ2n) is 4.08. The molecule has 0 spiro atoms. The van der Waals surface area contributed by atoms with E-state index in [9.17, 15) is 4.79 Å². The summed E-state index contributed by atoms with van der Waals surface area (Å²) in [5.41, 5.74) is -0.260. The van der Waals surface area contributed by atoms with Gasteiger partial charge in [0, 0.05) is 18.3 Å². The molecule has 1 saturated heterocycles. The Hall–Kier alpha value is -0.760.